The van der Waals surface area contributed by atoms with Crippen molar-refractivity contribution in [1.29, 1.82) is 0 Å². The van der Waals surface area contributed by atoms with Crippen molar-refractivity contribution in [2.45, 2.75) is 12.5 Å². The molecule has 1 aliphatic heterocycles. The molecule has 106 valence electrons. The van der Waals surface area contributed by atoms with Gasteiger partial charge in [-0.25, -0.2) is 4.39 Å². The van der Waals surface area contributed by atoms with Crippen LogP contribution >= 0.6 is 31.9 Å². The molecule has 1 unspecified atom stereocenters. The molecule has 3 nitrogen and oxygen atoms in total. The molecule has 3 rings (SSSR count). The van der Waals surface area contributed by atoms with E-state index in [1.54, 1.807) is 6.07 Å². The molecule has 0 amide bonds. The van der Waals surface area contributed by atoms with Gasteiger partial charge in [0.2, 0.25) is 0 Å². The minimum absolute atomic E-state index is 0.0966. The number of anilines is 1. The predicted molar refractivity (Wildman–Crippen MR) is 83.4 cm³/mol. The van der Waals surface area contributed by atoms with Gasteiger partial charge in [-0.3, -0.25) is 0 Å². The molecule has 0 spiro atoms. The number of halogens is 3. The van der Waals surface area contributed by atoms with E-state index in [0.717, 1.165) is 34.4 Å². The smallest absolute Gasteiger partial charge is 0.183 e. The normalized spacial score (nSPS) is 15.5. The number of furan rings is 1. The van der Waals surface area contributed by atoms with E-state index < -0.39 is 0 Å². The average Bonchev–Trinajstić information content (AvgIpc) is 2.96. The Morgan fingerprint density at radius 2 is 2.15 bits per heavy atom. The highest BCUT2D eigenvalue weighted by atomic mass is 79.9. The molecule has 2 heterocycles. The van der Waals surface area contributed by atoms with Crippen LogP contribution in [0.3, 0.4) is 0 Å². The zero-order valence-corrected chi connectivity index (χ0v) is 13.7. The molecule has 0 aliphatic carbocycles. The van der Waals surface area contributed by atoms with Crippen LogP contribution < -0.4 is 10.6 Å². The van der Waals surface area contributed by atoms with Gasteiger partial charge >= 0.3 is 0 Å². The van der Waals surface area contributed by atoms with Crippen molar-refractivity contribution in [3.63, 3.8) is 0 Å². The van der Waals surface area contributed by atoms with E-state index in [9.17, 15) is 4.39 Å². The number of hydrogen-bond acceptors (Lipinski definition) is 3. The molecular weight excluding hydrogens is 391 g/mol. The van der Waals surface area contributed by atoms with Gasteiger partial charge in [0.15, 0.2) is 4.67 Å². The maximum atomic E-state index is 13.5. The molecule has 1 aliphatic rings. The first-order valence-electron chi connectivity index (χ1n) is 6.30. The van der Waals surface area contributed by atoms with Gasteiger partial charge < -0.3 is 15.1 Å². The number of nitrogens with two attached hydrogens (primary N) is 1. The van der Waals surface area contributed by atoms with Gasteiger partial charge in [0.25, 0.3) is 0 Å². The van der Waals surface area contributed by atoms with Gasteiger partial charge in [-0.15, -0.1) is 0 Å². The Morgan fingerprint density at radius 1 is 1.35 bits per heavy atom. The van der Waals surface area contributed by atoms with Gasteiger partial charge in [-0.1, -0.05) is 6.07 Å². The summed E-state index contributed by atoms with van der Waals surface area (Å²) in [6, 6.07) is 6.71. The highest BCUT2D eigenvalue weighted by molar-refractivity contribution is 9.13. The summed E-state index contributed by atoms with van der Waals surface area (Å²) in [6.45, 7) is 1.22. The Labute approximate surface area is 133 Å². The zero-order valence-electron chi connectivity index (χ0n) is 10.6. The number of nitrogens with zero attached hydrogens (tertiary/aromatic N) is 1. The molecule has 1 atom stereocenters. The van der Waals surface area contributed by atoms with Gasteiger partial charge in [0.05, 0.1) is 10.5 Å². The van der Waals surface area contributed by atoms with Crippen LogP contribution in [-0.2, 0) is 6.42 Å². The van der Waals surface area contributed by atoms with E-state index in [4.69, 9.17) is 10.2 Å². The first kappa shape index (κ1) is 14.1. The lowest BCUT2D eigenvalue weighted by atomic mass is 10.1. The summed E-state index contributed by atoms with van der Waals surface area (Å²) < 4.78 is 20.7. The second kappa shape index (κ2) is 5.50. The number of rotatable bonds is 3. The molecule has 0 saturated carbocycles. The molecule has 0 radical (unpaired) electrons. The molecule has 20 heavy (non-hydrogen) atoms. The Bertz CT molecular complexity index is 625. The molecule has 1 aromatic heterocycles. The lowest BCUT2D eigenvalue weighted by Crippen LogP contribution is -2.32. The molecule has 0 fully saturated rings. The number of benzene rings is 1. The number of hydrogen-bond donors (Lipinski definition) is 1. The van der Waals surface area contributed by atoms with Crippen LogP contribution in [0.25, 0.3) is 0 Å². The van der Waals surface area contributed by atoms with Crippen molar-refractivity contribution >= 4 is 37.5 Å². The summed E-state index contributed by atoms with van der Waals surface area (Å²) in [5.74, 6) is 0.539. The summed E-state index contributed by atoms with van der Waals surface area (Å²) in [5.41, 5.74) is 7.97. The molecule has 2 N–H and O–H groups in total. The predicted octanol–water partition coefficient (Wildman–Crippen LogP) is 4.01. The lowest BCUT2D eigenvalue weighted by molar-refractivity contribution is 0.438. The quantitative estimate of drug-likeness (QED) is 0.841. The van der Waals surface area contributed by atoms with E-state index in [1.807, 2.05) is 12.1 Å². The summed E-state index contributed by atoms with van der Waals surface area (Å²) in [4.78, 5) is 2.11. The highest BCUT2D eigenvalue weighted by Crippen LogP contribution is 2.38. The van der Waals surface area contributed by atoms with E-state index >= 15 is 0 Å². The van der Waals surface area contributed by atoms with Crippen LogP contribution in [0.5, 0.6) is 0 Å². The van der Waals surface area contributed by atoms with E-state index in [0.29, 0.717) is 11.2 Å². The second-order valence-electron chi connectivity index (χ2n) is 4.74. The second-order valence-corrected chi connectivity index (χ2v) is 6.31. The minimum Gasteiger partial charge on any atom is -0.451 e. The Morgan fingerprint density at radius 3 is 2.80 bits per heavy atom. The minimum atomic E-state index is -0.228. The third-order valence-electron chi connectivity index (χ3n) is 3.57. The molecule has 6 heteroatoms. The first-order chi connectivity index (χ1) is 9.60. The van der Waals surface area contributed by atoms with Crippen molar-refractivity contribution in [3.8, 4) is 0 Å². The van der Waals surface area contributed by atoms with Crippen molar-refractivity contribution in [1.82, 2.24) is 0 Å². The maximum absolute atomic E-state index is 13.5. The Balaban J connectivity index is 1.98. The van der Waals surface area contributed by atoms with E-state index in [2.05, 4.69) is 36.8 Å². The zero-order chi connectivity index (χ0) is 14.3. The molecule has 1 aromatic carbocycles. The largest absolute Gasteiger partial charge is 0.451 e. The number of fused-ring (bicyclic) bond motifs is 1. The van der Waals surface area contributed by atoms with Gasteiger partial charge in [0.1, 0.15) is 11.6 Å². The fourth-order valence-electron chi connectivity index (χ4n) is 2.63. The average molecular weight is 404 g/mol. The summed E-state index contributed by atoms with van der Waals surface area (Å²) in [5, 5.41) is 0. The van der Waals surface area contributed by atoms with Gasteiger partial charge in [0, 0.05) is 18.8 Å². The molecule has 0 saturated heterocycles. The third kappa shape index (κ3) is 2.40. The summed E-state index contributed by atoms with van der Waals surface area (Å²) >= 11 is 6.74. The maximum Gasteiger partial charge on any atom is 0.183 e. The fraction of sp³-hybridized carbons (Fsp3) is 0.286. The molecule has 2 aromatic rings. The van der Waals surface area contributed by atoms with Gasteiger partial charge in [-0.2, -0.15) is 0 Å². The van der Waals surface area contributed by atoms with E-state index in [1.165, 1.54) is 6.07 Å². The molecule has 0 bridgehead atoms. The van der Waals surface area contributed by atoms with Crippen LogP contribution in [0.1, 0.15) is 17.4 Å². The molecular formula is C14H13Br2FN2O. The van der Waals surface area contributed by atoms with Gasteiger partial charge in [-0.05, 0) is 62.0 Å². The highest BCUT2D eigenvalue weighted by Gasteiger charge is 2.29. The summed E-state index contributed by atoms with van der Waals surface area (Å²) in [6.07, 6.45) is 0.898. The van der Waals surface area contributed by atoms with Crippen LogP contribution in [0.15, 0.2) is 37.8 Å². The Hall–Kier alpha value is -0.850. The Kier molecular flexibility index (Phi) is 3.88. The third-order valence-corrected chi connectivity index (χ3v) is 5.28. The van der Waals surface area contributed by atoms with Crippen LogP contribution in [0, 0.1) is 5.82 Å². The van der Waals surface area contributed by atoms with Crippen molar-refractivity contribution in [2.24, 2.45) is 5.73 Å². The standard InChI is InChI=1S/C14H13Br2FN2O/c15-10-6-13(20-14(10)16)12(7-18)19-4-3-8-1-2-9(17)5-11(8)19/h1-2,5-6,12H,3-4,7,18H2. The van der Waals surface area contributed by atoms with Crippen molar-refractivity contribution in [2.75, 3.05) is 18.0 Å². The lowest BCUT2D eigenvalue weighted by Gasteiger charge is -2.27. The monoisotopic (exact) mass is 402 g/mol. The van der Waals surface area contributed by atoms with E-state index in [-0.39, 0.29) is 11.9 Å². The fourth-order valence-corrected chi connectivity index (χ4v) is 3.23. The van der Waals surface area contributed by atoms with Crippen molar-refractivity contribution in [3.05, 3.63) is 50.5 Å². The van der Waals surface area contributed by atoms with Crippen molar-refractivity contribution < 1.29 is 8.81 Å². The summed E-state index contributed by atoms with van der Waals surface area (Å²) in [7, 11) is 0. The van der Waals surface area contributed by atoms with Crippen LogP contribution in [0.2, 0.25) is 0 Å². The first-order valence-corrected chi connectivity index (χ1v) is 7.88. The topological polar surface area (TPSA) is 42.4 Å². The van der Waals surface area contributed by atoms with Crippen LogP contribution in [-0.4, -0.2) is 13.1 Å². The SMILES string of the molecule is NCC(c1cc(Br)c(Br)o1)N1CCc2ccc(F)cc21. The van der Waals surface area contributed by atoms with Crippen LogP contribution in [0.4, 0.5) is 10.1 Å².